The molecule has 0 atom stereocenters. The summed E-state index contributed by atoms with van der Waals surface area (Å²) in [6.07, 6.45) is 0.980. The van der Waals surface area contributed by atoms with Crippen LogP contribution in [0.25, 0.3) is 6.15 Å². The van der Waals surface area contributed by atoms with Crippen molar-refractivity contribution in [3.63, 3.8) is 0 Å². The minimum absolute atomic E-state index is 0. The molecule has 0 saturated carbocycles. The maximum atomic E-state index is 13.0. The van der Waals surface area contributed by atoms with Crippen molar-refractivity contribution in [2.75, 3.05) is 27.4 Å². The zero-order chi connectivity index (χ0) is 43.1. The van der Waals surface area contributed by atoms with Crippen molar-refractivity contribution < 1.29 is 121 Å². The molecule has 0 bridgehead atoms. The minimum atomic E-state index is -0.191. The molecule has 4 aromatic rings. The average molecular weight is 1060 g/mol. The first-order valence-electron chi connectivity index (χ1n) is 19.8. The molecule has 59 heavy (non-hydrogen) atoms. The second-order valence-corrected chi connectivity index (χ2v) is 19.6. The molecule has 0 fully saturated rings. The Bertz CT molecular complexity index is 1670. The van der Waals surface area contributed by atoms with Crippen LogP contribution in [-0.2, 0) is 44.0 Å². The van der Waals surface area contributed by atoms with Crippen LogP contribution >= 0.6 is 0 Å². The maximum absolute atomic E-state index is 13.0. The smallest absolute Gasteiger partial charge is 0.872 e. The van der Waals surface area contributed by atoms with Crippen LogP contribution in [0.15, 0.2) is 48.5 Å². The van der Waals surface area contributed by atoms with Crippen LogP contribution in [-0.4, -0.2) is 42.8 Å². The molecule has 5 N–H and O–H groups in total. The van der Waals surface area contributed by atoms with Crippen LogP contribution in [0.2, 0.25) is 0 Å². The standard InChI is InChI=1S/2C23H32O2.C4H10O2.K.H2N.Th/c2*1-14-9-16(20(24)18(11-14)22(3,4)5)13-17-10-15(2)12-19(21(17)25)23(6,7)8;1-5-3-4-6-2;;;/h2*9-12,24-25H,13H2,1-8H3;3-4H2,1-2H3;;1H2;/q;;;+1;-1;/p-1. The van der Waals surface area contributed by atoms with E-state index in [4.69, 9.17) is 0 Å². The van der Waals surface area contributed by atoms with Gasteiger partial charge in [-0.3, -0.25) is 0 Å². The number of phenolic OH excluding ortho intramolecular Hbond substituents is 3. The minimum Gasteiger partial charge on any atom is -0.872 e. The molecule has 0 heterocycles. The Hall–Kier alpha value is -1.08. The third-order valence-electron chi connectivity index (χ3n) is 9.80. The normalized spacial score (nSPS) is 11.5. The van der Waals surface area contributed by atoms with Gasteiger partial charge in [-0.25, -0.2) is 0 Å². The van der Waals surface area contributed by atoms with Crippen LogP contribution in [0.1, 0.15) is 150 Å². The number of aryl methyl sites for hydroxylation is 4. The van der Waals surface area contributed by atoms with Gasteiger partial charge in [0.05, 0.1) is 13.2 Å². The number of nitrogens with two attached hydrogens (primary N) is 1. The zero-order valence-electron chi connectivity index (χ0n) is 40.1. The van der Waals surface area contributed by atoms with E-state index in [1.54, 1.807) is 14.2 Å². The van der Waals surface area contributed by atoms with Gasteiger partial charge in [0, 0.05) is 67.0 Å². The molecule has 0 aliphatic carbocycles. The summed E-state index contributed by atoms with van der Waals surface area (Å²) in [6, 6.07) is 16.1. The van der Waals surface area contributed by atoms with Gasteiger partial charge in [0.1, 0.15) is 17.2 Å². The van der Waals surface area contributed by atoms with Gasteiger partial charge in [0.25, 0.3) is 0 Å². The van der Waals surface area contributed by atoms with Crippen LogP contribution in [0.4, 0.5) is 0 Å². The Kier molecular flexibility index (Phi) is 25.1. The molecule has 4 rings (SSSR count). The van der Waals surface area contributed by atoms with Gasteiger partial charge >= 0.3 is 51.4 Å². The molecule has 322 valence electrons. The van der Waals surface area contributed by atoms with Crippen LogP contribution < -0.4 is 56.5 Å². The van der Waals surface area contributed by atoms with Crippen molar-refractivity contribution in [3.05, 3.63) is 121 Å². The summed E-state index contributed by atoms with van der Waals surface area (Å²) in [5.74, 6) is 1.10. The molecular formula is C50H75KNO6Th-. The van der Waals surface area contributed by atoms with E-state index in [-0.39, 0.29) is 125 Å². The Morgan fingerprint density at radius 1 is 0.441 bits per heavy atom. The second-order valence-electron chi connectivity index (χ2n) is 19.6. The number of benzene rings is 4. The molecule has 0 aromatic heterocycles. The first-order chi connectivity index (χ1) is 25.5. The molecule has 0 aliphatic heterocycles. The first-order valence-corrected chi connectivity index (χ1v) is 19.8. The van der Waals surface area contributed by atoms with Crippen molar-refractivity contribution in [2.45, 2.75) is 145 Å². The summed E-state index contributed by atoms with van der Waals surface area (Å²) in [7, 11) is 3.30. The van der Waals surface area contributed by atoms with Crippen LogP contribution in [0.3, 0.4) is 0 Å². The summed E-state index contributed by atoms with van der Waals surface area (Å²) in [5, 5.41) is 45.4. The second kappa shape index (κ2) is 24.7. The summed E-state index contributed by atoms with van der Waals surface area (Å²) in [5.41, 5.74) is 10.8. The molecule has 9 heteroatoms. The molecule has 4 aromatic carbocycles. The third kappa shape index (κ3) is 17.9. The fourth-order valence-corrected chi connectivity index (χ4v) is 6.79. The van der Waals surface area contributed by atoms with E-state index in [1.165, 1.54) is 0 Å². The Morgan fingerprint density at radius 3 is 0.898 bits per heavy atom. The van der Waals surface area contributed by atoms with Crippen molar-refractivity contribution in [1.29, 1.82) is 0 Å². The number of phenols is 3. The van der Waals surface area contributed by atoms with Crippen molar-refractivity contribution in [3.8, 4) is 23.0 Å². The largest absolute Gasteiger partial charge is 1.00 e. The summed E-state index contributed by atoms with van der Waals surface area (Å²) in [4.78, 5) is 0. The SMILES string of the molecule is COCCOC.Cc1cc(Cc2cc(C)cc(C(C)(C)C)c2O)c(O)c(C(C)(C)C)c1.Cc1cc(Cc2cc(C)cc(C(C)(C)C)c2O)c([O-])c(C(C)(C)C)c1.[K+].[NH2-].[Th]. The molecule has 0 radical (unpaired) electrons. The average Bonchev–Trinajstić information content (AvgIpc) is 3.04. The van der Waals surface area contributed by atoms with E-state index in [1.807, 2.05) is 50.2 Å². The Balaban J connectivity index is 0. The van der Waals surface area contributed by atoms with Gasteiger partial charge in [-0.2, -0.15) is 0 Å². The molecule has 0 spiro atoms. The summed E-state index contributed by atoms with van der Waals surface area (Å²) in [6.45, 7) is 34.6. The van der Waals surface area contributed by atoms with E-state index >= 15 is 0 Å². The number of hydrogen-bond donors (Lipinski definition) is 3. The predicted molar refractivity (Wildman–Crippen MR) is 239 cm³/mol. The van der Waals surface area contributed by atoms with Gasteiger partial charge in [-0.15, -0.1) is 5.75 Å². The number of rotatable bonds is 7. The molecule has 0 saturated heterocycles. The van der Waals surface area contributed by atoms with E-state index in [0.29, 0.717) is 43.3 Å². The van der Waals surface area contributed by atoms with E-state index in [0.717, 1.165) is 66.8 Å². The number of aromatic hydroxyl groups is 3. The van der Waals surface area contributed by atoms with E-state index in [2.05, 4.69) is 119 Å². The Morgan fingerprint density at radius 2 is 0.661 bits per heavy atom. The van der Waals surface area contributed by atoms with Gasteiger partial charge in [-0.05, 0) is 88.3 Å². The zero-order valence-corrected chi connectivity index (χ0v) is 47.3. The van der Waals surface area contributed by atoms with E-state index < -0.39 is 0 Å². The van der Waals surface area contributed by atoms with Gasteiger partial charge in [0.15, 0.2) is 0 Å². The topological polar surface area (TPSA) is 136 Å². The quantitative estimate of drug-likeness (QED) is 0.125. The van der Waals surface area contributed by atoms with Crippen molar-refractivity contribution in [1.82, 2.24) is 0 Å². The third-order valence-corrected chi connectivity index (χ3v) is 9.80. The van der Waals surface area contributed by atoms with Gasteiger partial charge in [0.2, 0.25) is 0 Å². The van der Waals surface area contributed by atoms with Gasteiger partial charge in [-0.1, -0.05) is 159 Å². The van der Waals surface area contributed by atoms with Crippen molar-refractivity contribution >= 4 is 0 Å². The number of hydrogen-bond acceptors (Lipinski definition) is 6. The number of ether oxygens (including phenoxy) is 2. The van der Waals surface area contributed by atoms with Crippen molar-refractivity contribution in [2.24, 2.45) is 0 Å². The van der Waals surface area contributed by atoms with E-state index in [9.17, 15) is 20.4 Å². The fraction of sp³-hybridized carbons (Fsp3) is 0.520. The molecule has 0 amide bonds. The first kappa shape index (κ1) is 60.0. The molecule has 0 unspecified atom stereocenters. The fourth-order valence-electron chi connectivity index (χ4n) is 6.79. The van der Waals surface area contributed by atoms with Gasteiger partial charge < -0.3 is 36.1 Å². The molecular weight excluding hydrogens is 982 g/mol. The molecule has 0 aliphatic rings. The molecule has 7 nitrogen and oxygen atoms in total. The van der Waals surface area contributed by atoms with Crippen LogP contribution in [0.5, 0.6) is 23.0 Å². The van der Waals surface area contributed by atoms with Crippen LogP contribution in [0, 0.1) is 67.6 Å². The monoisotopic (exact) mass is 1060 g/mol. The summed E-state index contributed by atoms with van der Waals surface area (Å²) >= 11 is 0. The summed E-state index contributed by atoms with van der Waals surface area (Å²) < 4.78 is 9.31. The maximum Gasteiger partial charge on any atom is 1.00 e. The Labute approximate surface area is 433 Å². The predicted octanol–water partition coefficient (Wildman–Crippen LogP) is 9.17. The number of methoxy groups -OCH3 is 2.